The minimum absolute atomic E-state index is 0.0379. The summed E-state index contributed by atoms with van der Waals surface area (Å²) in [5.74, 6) is -2.15. The molecule has 1 aliphatic carbocycles. The fourth-order valence-electron chi connectivity index (χ4n) is 4.94. The van der Waals surface area contributed by atoms with Crippen molar-refractivity contribution in [1.29, 1.82) is 5.26 Å². The van der Waals surface area contributed by atoms with Crippen LogP contribution in [0.3, 0.4) is 0 Å². The van der Waals surface area contributed by atoms with E-state index in [1.165, 1.54) is 30.3 Å². The molecule has 1 aromatic heterocycles. The van der Waals surface area contributed by atoms with E-state index in [-0.39, 0.29) is 40.5 Å². The van der Waals surface area contributed by atoms with E-state index in [2.05, 4.69) is 21.6 Å². The third-order valence-corrected chi connectivity index (χ3v) is 8.69. The average molecular weight is 579 g/mol. The predicted molar refractivity (Wildman–Crippen MR) is 149 cm³/mol. The molecule has 3 N–H and O–H groups in total. The fourth-order valence-corrected chi connectivity index (χ4v) is 6.62. The number of aromatic nitrogens is 2. The molecule has 0 radical (unpaired) electrons. The number of hydrogen-bond acceptors (Lipinski definition) is 9. The molecule has 2 aliphatic rings. The number of carbonyl (C=O) groups is 2. The van der Waals surface area contributed by atoms with Crippen molar-refractivity contribution < 1.29 is 18.4 Å². The maximum atomic E-state index is 13.9. The first kappa shape index (κ1) is 27.5. The van der Waals surface area contributed by atoms with E-state index in [4.69, 9.17) is 5.73 Å². The molecule has 2 heterocycles. The van der Waals surface area contributed by atoms with Crippen LogP contribution in [0.5, 0.6) is 0 Å². The molecule has 1 atom stereocenters. The van der Waals surface area contributed by atoms with Crippen LogP contribution in [0.25, 0.3) is 0 Å². The Bertz CT molecular complexity index is 1610. The van der Waals surface area contributed by atoms with Crippen LogP contribution < -0.4 is 16.0 Å². The van der Waals surface area contributed by atoms with Gasteiger partial charge in [-0.2, -0.15) is 5.26 Å². The smallest absolute Gasteiger partial charge is 0.234 e. The van der Waals surface area contributed by atoms with Crippen LogP contribution in [-0.4, -0.2) is 27.6 Å². The standard InChI is InChI=1S/C28H24F2N6O2S2/c1-28(2)11-20-24(21(37)12-28)23(15-7-9-16(29)10-8-15)17(13-31)25(32)36(20)26-34-35-27(40-26)39-14-22(38)33-19-6-4-3-5-18(19)30/h3-10,23H,11-12,14,32H2,1-2H3,(H,33,38). The zero-order chi connectivity index (χ0) is 28.6. The normalized spacial score (nSPS) is 18.4. The van der Waals surface area contributed by atoms with Gasteiger partial charge in [0.15, 0.2) is 10.1 Å². The Labute approximate surface area is 237 Å². The Kier molecular flexibility index (Phi) is 7.44. The number of nitrogens with one attached hydrogen (secondary N) is 1. The molecule has 12 heteroatoms. The molecule has 1 unspecified atom stereocenters. The van der Waals surface area contributed by atoms with Gasteiger partial charge in [0.25, 0.3) is 0 Å². The summed E-state index contributed by atoms with van der Waals surface area (Å²) < 4.78 is 28.0. The second-order valence-electron chi connectivity index (χ2n) is 10.2. The largest absolute Gasteiger partial charge is 0.384 e. The second-order valence-corrected chi connectivity index (χ2v) is 12.4. The van der Waals surface area contributed by atoms with E-state index in [0.717, 1.165) is 23.1 Å². The van der Waals surface area contributed by atoms with Crippen LogP contribution in [0, 0.1) is 28.4 Å². The Morgan fingerprint density at radius 1 is 1.20 bits per heavy atom. The van der Waals surface area contributed by atoms with Gasteiger partial charge in [-0.25, -0.2) is 8.78 Å². The highest BCUT2D eigenvalue weighted by molar-refractivity contribution is 8.01. The number of rotatable bonds is 6. The van der Waals surface area contributed by atoms with Crippen molar-refractivity contribution in [2.75, 3.05) is 16.0 Å². The molecule has 8 nitrogen and oxygen atoms in total. The van der Waals surface area contributed by atoms with Crippen LogP contribution in [-0.2, 0) is 9.59 Å². The average Bonchev–Trinajstić information content (AvgIpc) is 3.36. The Balaban J connectivity index is 1.47. The first-order chi connectivity index (χ1) is 19.1. The number of ketones is 1. The maximum absolute atomic E-state index is 13.9. The fraction of sp³-hybridized carbons (Fsp3) is 0.250. The van der Waals surface area contributed by atoms with Crippen molar-refractivity contribution in [3.05, 3.63) is 88.4 Å². The number of carbonyl (C=O) groups excluding carboxylic acids is 2. The minimum Gasteiger partial charge on any atom is -0.384 e. The zero-order valence-corrected chi connectivity index (χ0v) is 23.2. The number of nitriles is 1. The monoisotopic (exact) mass is 578 g/mol. The lowest BCUT2D eigenvalue weighted by Crippen LogP contribution is -2.42. The van der Waals surface area contributed by atoms with Gasteiger partial charge in [-0.3, -0.25) is 14.5 Å². The van der Waals surface area contributed by atoms with Gasteiger partial charge in [-0.05, 0) is 41.7 Å². The van der Waals surface area contributed by atoms with Gasteiger partial charge in [0.05, 0.1) is 29.0 Å². The third-order valence-electron chi connectivity index (χ3n) is 6.65. The van der Waals surface area contributed by atoms with Crippen molar-refractivity contribution in [3.8, 4) is 6.07 Å². The number of para-hydroxylation sites is 1. The van der Waals surface area contributed by atoms with E-state index in [1.807, 2.05) is 13.8 Å². The Morgan fingerprint density at radius 2 is 1.93 bits per heavy atom. The first-order valence-corrected chi connectivity index (χ1v) is 14.1. The summed E-state index contributed by atoms with van der Waals surface area (Å²) in [5.41, 5.74) is 8.11. The van der Waals surface area contributed by atoms with Crippen molar-refractivity contribution in [3.63, 3.8) is 0 Å². The zero-order valence-electron chi connectivity index (χ0n) is 21.6. The number of anilines is 2. The quantitative estimate of drug-likeness (QED) is 0.368. The third kappa shape index (κ3) is 5.35. The predicted octanol–water partition coefficient (Wildman–Crippen LogP) is 5.49. The molecule has 2 aromatic carbocycles. The number of benzene rings is 2. The van der Waals surface area contributed by atoms with Gasteiger partial charge in [0.1, 0.15) is 17.5 Å². The van der Waals surface area contributed by atoms with Gasteiger partial charge in [0, 0.05) is 17.7 Å². The SMILES string of the molecule is CC1(C)CC(=O)C2=C(C1)N(c1nnc(SCC(=O)Nc3ccccc3F)s1)C(N)=C(C#N)C2c1ccc(F)cc1. The van der Waals surface area contributed by atoms with E-state index < -0.39 is 23.5 Å². The van der Waals surface area contributed by atoms with Crippen molar-refractivity contribution >= 4 is 45.6 Å². The van der Waals surface area contributed by atoms with Crippen molar-refractivity contribution in [2.24, 2.45) is 11.1 Å². The number of amides is 1. The van der Waals surface area contributed by atoms with Gasteiger partial charge in [0.2, 0.25) is 11.0 Å². The van der Waals surface area contributed by atoms with Crippen LogP contribution in [0.4, 0.5) is 19.6 Å². The number of halogens is 2. The first-order valence-electron chi connectivity index (χ1n) is 12.3. The number of nitrogens with zero attached hydrogens (tertiary/aromatic N) is 4. The highest BCUT2D eigenvalue weighted by Gasteiger charge is 2.45. The number of nitrogens with two attached hydrogens (primary N) is 1. The topological polar surface area (TPSA) is 125 Å². The summed E-state index contributed by atoms with van der Waals surface area (Å²) in [6, 6.07) is 13.7. The number of hydrogen-bond donors (Lipinski definition) is 2. The van der Waals surface area contributed by atoms with Gasteiger partial charge in [-0.15, -0.1) is 10.2 Å². The Hall–Kier alpha value is -4.08. The highest BCUT2D eigenvalue weighted by Crippen LogP contribution is 2.50. The lowest BCUT2D eigenvalue weighted by molar-refractivity contribution is -0.118. The van der Waals surface area contributed by atoms with Crippen LogP contribution in [0.15, 0.2) is 75.5 Å². The lowest BCUT2D eigenvalue weighted by atomic mass is 9.69. The lowest BCUT2D eigenvalue weighted by Gasteiger charge is -2.42. The summed E-state index contributed by atoms with van der Waals surface area (Å²) >= 11 is 2.28. The van der Waals surface area contributed by atoms with Gasteiger partial charge < -0.3 is 11.1 Å². The van der Waals surface area contributed by atoms with Crippen molar-refractivity contribution in [2.45, 2.75) is 36.9 Å². The summed E-state index contributed by atoms with van der Waals surface area (Å²) in [6.45, 7) is 3.96. The van der Waals surface area contributed by atoms with E-state index in [9.17, 15) is 23.6 Å². The van der Waals surface area contributed by atoms with E-state index in [0.29, 0.717) is 32.7 Å². The van der Waals surface area contributed by atoms with E-state index in [1.54, 1.807) is 23.1 Å². The van der Waals surface area contributed by atoms with Crippen LogP contribution in [0.1, 0.15) is 38.2 Å². The summed E-state index contributed by atoms with van der Waals surface area (Å²) in [4.78, 5) is 27.5. The van der Waals surface area contributed by atoms with Crippen molar-refractivity contribution in [1.82, 2.24) is 10.2 Å². The molecular formula is C28H24F2N6O2S2. The molecule has 0 saturated carbocycles. The Morgan fingerprint density at radius 3 is 2.62 bits per heavy atom. The van der Waals surface area contributed by atoms with Crippen LogP contribution >= 0.6 is 23.1 Å². The molecule has 0 saturated heterocycles. The number of Topliss-reactive ketones (excluding diaryl/α,β-unsaturated/α-hetero) is 1. The molecule has 0 bridgehead atoms. The van der Waals surface area contributed by atoms with Crippen LogP contribution in [0.2, 0.25) is 0 Å². The second kappa shape index (κ2) is 10.8. The molecule has 204 valence electrons. The summed E-state index contributed by atoms with van der Waals surface area (Å²) in [7, 11) is 0. The maximum Gasteiger partial charge on any atom is 0.234 e. The number of thioether (sulfide) groups is 1. The minimum atomic E-state index is -0.732. The molecule has 0 spiro atoms. The van der Waals surface area contributed by atoms with E-state index >= 15 is 0 Å². The molecule has 5 rings (SSSR count). The van der Waals surface area contributed by atoms with Gasteiger partial charge >= 0.3 is 0 Å². The summed E-state index contributed by atoms with van der Waals surface area (Å²) in [5, 5.41) is 21.5. The summed E-state index contributed by atoms with van der Waals surface area (Å²) in [6.07, 6.45) is 0.766. The molecule has 1 aliphatic heterocycles. The highest BCUT2D eigenvalue weighted by atomic mass is 32.2. The molecule has 0 fully saturated rings. The molecular weight excluding hydrogens is 554 g/mol. The molecule has 3 aromatic rings. The number of allylic oxidation sites excluding steroid dienone is 3. The molecule has 1 amide bonds. The van der Waals surface area contributed by atoms with Gasteiger partial charge in [-0.1, -0.05) is 61.2 Å². The molecule has 40 heavy (non-hydrogen) atoms.